The second kappa shape index (κ2) is 14.1. The Kier molecular flexibility index (Phi) is 9.72. The summed E-state index contributed by atoms with van der Waals surface area (Å²) in [4.78, 5) is 43.4. The molecule has 0 unspecified atom stereocenters. The number of amides is 2. The summed E-state index contributed by atoms with van der Waals surface area (Å²) in [6.07, 6.45) is 2.98. The maximum atomic E-state index is 13.6. The van der Waals surface area contributed by atoms with Crippen LogP contribution in [0.1, 0.15) is 69.8 Å². The molecule has 1 fully saturated rings. The van der Waals surface area contributed by atoms with Crippen LogP contribution in [0.15, 0.2) is 84.9 Å². The van der Waals surface area contributed by atoms with Gasteiger partial charge in [0.15, 0.2) is 5.82 Å². The normalized spacial score (nSPS) is 13.8. The topological polar surface area (TPSA) is 106 Å². The molecule has 0 radical (unpaired) electrons. The molecular weight excluding hydrogens is 634 g/mol. The van der Waals surface area contributed by atoms with Crippen molar-refractivity contribution in [3.05, 3.63) is 117 Å². The highest BCUT2D eigenvalue weighted by molar-refractivity contribution is 7.20. The van der Waals surface area contributed by atoms with E-state index in [9.17, 15) is 14.4 Å². The van der Waals surface area contributed by atoms with Crippen LogP contribution in [0.2, 0.25) is 5.02 Å². The average Bonchev–Trinajstić information content (AvgIpc) is 3.65. The predicted octanol–water partition coefficient (Wildman–Crippen LogP) is 7.84. The lowest BCUT2D eigenvalue weighted by atomic mass is 9.94. The van der Waals surface area contributed by atoms with E-state index in [0.29, 0.717) is 25.7 Å². The Hall–Kier alpha value is -4.51. The van der Waals surface area contributed by atoms with Crippen LogP contribution in [-0.2, 0) is 23.4 Å². The van der Waals surface area contributed by atoms with E-state index in [0.717, 1.165) is 52.3 Å². The van der Waals surface area contributed by atoms with E-state index in [1.54, 1.807) is 24.3 Å². The third kappa shape index (κ3) is 7.56. The molecule has 1 aliphatic rings. The van der Waals surface area contributed by atoms with Gasteiger partial charge in [-0.3, -0.25) is 14.5 Å². The van der Waals surface area contributed by atoms with Crippen LogP contribution in [0.5, 0.6) is 0 Å². The Bertz CT molecular complexity index is 1900. The van der Waals surface area contributed by atoms with Gasteiger partial charge in [-0.1, -0.05) is 78.7 Å². The molecule has 11 heteroatoms. The molecule has 2 amide bonds. The van der Waals surface area contributed by atoms with Crippen molar-refractivity contribution in [3.8, 4) is 0 Å². The first-order chi connectivity index (χ1) is 22.7. The second-order valence-electron chi connectivity index (χ2n) is 12.2. The monoisotopic (exact) mass is 669 g/mol. The summed E-state index contributed by atoms with van der Waals surface area (Å²) in [5.74, 6) is -0.586. The molecule has 0 bridgehead atoms. The van der Waals surface area contributed by atoms with Crippen molar-refractivity contribution < 1.29 is 19.1 Å². The number of ether oxygens (including phenoxy) is 1. The molecule has 6 rings (SSSR count). The summed E-state index contributed by atoms with van der Waals surface area (Å²) < 4.78 is 6.65. The molecule has 3 aromatic carbocycles. The number of carbonyl (C=O) groups is 3. The molecule has 1 saturated heterocycles. The maximum absolute atomic E-state index is 13.6. The number of fused-ring (bicyclic) bond motifs is 1. The van der Waals surface area contributed by atoms with Gasteiger partial charge in [-0.05, 0) is 80.7 Å². The first-order valence-corrected chi connectivity index (χ1v) is 16.8. The van der Waals surface area contributed by atoms with Gasteiger partial charge in [0.05, 0.1) is 15.8 Å². The number of piperidine rings is 1. The van der Waals surface area contributed by atoms with Gasteiger partial charge in [-0.2, -0.15) is 4.68 Å². The van der Waals surface area contributed by atoms with Gasteiger partial charge in [0.1, 0.15) is 11.4 Å². The van der Waals surface area contributed by atoms with E-state index in [-0.39, 0.29) is 24.2 Å². The molecule has 1 aliphatic heterocycles. The number of halogens is 1. The van der Waals surface area contributed by atoms with Gasteiger partial charge in [0.2, 0.25) is 0 Å². The van der Waals surface area contributed by atoms with E-state index < -0.39 is 11.6 Å². The number of thiophene rings is 1. The average molecular weight is 670 g/mol. The summed E-state index contributed by atoms with van der Waals surface area (Å²) in [7, 11) is 0. The molecule has 5 aromatic rings. The zero-order chi connectivity index (χ0) is 33.0. The fourth-order valence-corrected chi connectivity index (χ4v) is 7.08. The Balaban J connectivity index is 1.25. The van der Waals surface area contributed by atoms with Crippen LogP contribution >= 0.6 is 22.9 Å². The number of nitrogens with one attached hydrogen (secondary N) is 2. The molecule has 47 heavy (non-hydrogen) atoms. The Morgan fingerprint density at radius 2 is 1.60 bits per heavy atom. The van der Waals surface area contributed by atoms with Crippen molar-refractivity contribution in [1.82, 2.24) is 20.0 Å². The van der Waals surface area contributed by atoms with Crippen LogP contribution in [0.25, 0.3) is 10.2 Å². The highest BCUT2D eigenvalue weighted by Gasteiger charge is 2.29. The number of hydrogen-bond acceptors (Lipinski definition) is 7. The van der Waals surface area contributed by atoms with Crippen molar-refractivity contribution in [2.75, 3.05) is 18.4 Å². The van der Waals surface area contributed by atoms with Gasteiger partial charge >= 0.3 is 6.09 Å². The van der Waals surface area contributed by atoms with Crippen LogP contribution in [0, 0.1) is 0 Å². The van der Waals surface area contributed by atoms with E-state index in [1.165, 1.54) is 19.3 Å². The number of likely N-dealkylation sites (tertiary alicyclic amines) is 1. The van der Waals surface area contributed by atoms with Gasteiger partial charge < -0.3 is 15.4 Å². The zero-order valence-corrected chi connectivity index (χ0v) is 27.9. The maximum Gasteiger partial charge on any atom is 0.436 e. The third-order valence-electron chi connectivity index (χ3n) is 8.24. The lowest BCUT2D eigenvalue weighted by Gasteiger charge is -2.27. The zero-order valence-electron chi connectivity index (χ0n) is 26.3. The number of anilines is 1. The number of aromatic nitrogens is 2. The minimum Gasteiger partial charge on any atom is -0.443 e. The highest BCUT2D eigenvalue weighted by Crippen LogP contribution is 2.34. The van der Waals surface area contributed by atoms with E-state index in [1.807, 2.05) is 74.5 Å². The quantitative estimate of drug-likeness (QED) is 0.166. The number of carbonyl (C=O) groups excluding carboxylic acids is 3. The van der Waals surface area contributed by atoms with Crippen molar-refractivity contribution in [1.29, 1.82) is 0 Å². The molecule has 3 heterocycles. The Labute approximate surface area is 282 Å². The minimum absolute atomic E-state index is 0.0389. The number of rotatable bonds is 9. The Morgan fingerprint density at radius 1 is 0.894 bits per heavy atom. The molecule has 242 valence electrons. The van der Waals surface area contributed by atoms with Gasteiger partial charge in [0.25, 0.3) is 11.8 Å². The fourth-order valence-electron chi connectivity index (χ4n) is 5.71. The molecule has 9 nitrogen and oxygen atoms in total. The summed E-state index contributed by atoms with van der Waals surface area (Å²) >= 11 is 7.52. The smallest absolute Gasteiger partial charge is 0.436 e. The number of benzene rings is 3. The predicted molar refractivity (Wildman–Crippen MR) is 185 cm³/mol. The fraction of sp³-hybridized carbons (Fsp3) is 0.278. The molecular formula is C36H36ClN5O4S. The standard InChI is InChI=1S/C36H36ClN5O4S/c1-36(2,28-13-7-8-14-29(28)37)39-33(44)30-21-27-31(40-42(34(27)47-30)35(45)46-23-25-11-5-3-6-12-25)38-32(43)26-17-15-24(16-18-26)22-41-19-9-4-10-20-41/h3,5-8,11-18,21H,4,9-10,19-20,22-23H2,1-2H3,(H,39,44)(H,38,40,43). The van der Waals surface area contributed by atoms with Crippen LogP contribution < -0.4 is 10.6 Å². The van der Waals surface area contributed by atoms with E-state index in [4.69, 9.17) is 16.3 Å². The third-order valence-corrected chi connectivity index (χ3v) is 9.68. The largest absolute Gasteiger partial charge is 0.443 e. The van der Waals surface area contributed by atoms with Gasteiger partial charge in [0, 0.05) is 17.1 Å². The molecule has 2 aromatic heterocycles. The summed E-state index contributed by atoms with van der Waals surface area (Å²) in [6, 6.07) is 25.8. The van der Waals surface area contributed by atoms with Crippen LogP contribution in [0.4, 0.5) is 10.6 Å². The first-order valence-electron chi connectivity index (χ1n) is 15.6. The van der Waals surface area contributed by atoms with Gasteiger partial charge in [-0.15, -0.1) is 16.4 Å². The molecule has 0 aliphatic carbocycles. The number of nitrogens with zero attached hydrogens (tertiary/aromatic N) is 3. The number of hydrogen-bond donors (Lipinski definition) is 2. The van der Waals surface area contributed by atoms with E-state index in [2.05, 4.69) is 20.6 Å². The Morgan fingerprint density at radius 3 is 2.32 bits per heavy atom. The van der Waals surface area contributed by atoms with Crippen LogP contribution in [-0.4, -0.2) is 45.7 Å². The van der Waals surface area contributed by atoms with E-state index >= 15 is 0 Å². The summed E-state index contributed by atoms with van der Waals surface area (Å²) in [6.45, 7) is 6.80. The van der Waals surface area contributed by atoms with Crippen molar-refractivity contribution >= 4 is 56.9 Å². The van der Waals surface area contributed by atoms with Crippen molar-refractivity contribution in [3.63, 3.8) is 0 Å². The first kappa shape index (κ1) is 32.4. The highest BCUT2D eigenvalue weighted by atomic mass is 35.5. The van der Waals surface area contributed by atoms with Crippen molar-refractivity contribution in [2.45, 2.75) is 51.8 Å². The van der Waals surface area contributed by atoms with Crippen molar-refractivity contribution in [2.24, 2.45) is 0 Å². The molecule has 2 N–H and O–H groups in total. The molecule has 0 atom stereocenters. The lowest BCUT2D eigenvalue weighted by Crippen LogP contribution is -2.40. The lowest BCUT2D eigenvalue weighted by molar-refractivity contribution is 0.0915. The molecule has 0 spiro atoms. The minimum atomic E-state index is -0.788. The second-order valence-corrected chi connectivity index (χ2v) is 13.6. The summed E-state index contributed by atoms with van der Waals surface area (Å²) in [5.41, 5.74) is 2.39. The van der Waals surface area contributed by atoms with Gasteiger partial charge in [-0.25, -0.2) is 4.79 Å². The van der Waals surface area contributed by atoms with Crippen LogP contribution in [0.3, 0.4) is 0 Å². The summed E-state index contributed by atoms with van der Waals surface area (Å²) in [5, 5.41) is 11.3. The molecule has 0 saturated carbocycles. The SMILES string of the molecule is CC(C)(NC(=O)c1cc2c(NC(=O)c3ccc(CN4CCCCC4)cc3)nn(C(=O)OCc3ccccc3)c2s1)c1ccccc1Cl.